The van der Waals surface area contributed by atoms with Gasteiger partial charge in [0.05, 0.1) is 28.0 Å². The molecule has 0 bridgehead atoms. The van der Waals surface area contributed by atoms with Gasteiger partial charge in [-0.1, -0.05) is 12.1 Å². The lowest BCUT2D eigenvalue weighted by molar-refractivity contribution is -0.394. The average molecular weight is 449 g/mol. The summed E-state index contributed by atoms with van der Waals surface area (Å²) in [5.41, 5.74) is 0.220. The Morgan fingerprint density at radius 2 is 1.64 bits per heavy atom. The second-order valence-electron chi connectivity index (χ2n) is 6.76. The molecule has 3 aromatic carbocycles. The third-order valence-electron chi connectivity index (χ3n) is 4.46. The number of nitrogens with one attached hydrogen (secondary N) is 1. The largest absolute Gasteiger partial charge is 0.457 e. The zero-order valence-electron chi connectivity index (χ0n) is 16.8. The fourth-order valence-corrected chi connectivity index (χ4v) is 2.99. The van der Waals surface area contributed by atoms with Gasteiger partial charge in [-0.15, -0.1) is 0 Å². The highest BCUT2D eigenvalue weighted by Gasteiger charge is 2.18. The summed E-state index contributed by atoms with van der Waals surface area (Å²) in [6.45, 7) is 0.134. The van der Waals surface area contributed by atoms with Gasteiger partial charge in [-0.05, 0) is 35.9 Å². The van der Waals surface area contributed by atoms with Crippen molar-refractivity contribution >= 4 is 29.0 Å². The Bertz CT molecular complexity index is 1260. The summed E-state index contributed by atoms with van der Waals surface area (Å²) >= 11 is 0. The fraction of sp³-hybridized carbons (Fsp3) is 0.0455. The molecular weight excluding hydrogens is 434 g/mol. The van der Waals surface area contributed by atoms with Crippen LogP contribution in [0.4, 0.5) is 17.1 Å². The molecule has 1 N–H and O–H groups in total. The van der Waals surface area contributed by atoms with Crippen molar-refractivity contribution in [3.05, 3.63) is 92.5 Å². The van der Waals surface area contributed by atoms with Crippen LogP contribution in [-0.4, -0.2) is 22.5 Å². The van der Waals surface area contributed by atoms with Gasteiger partial charge in [0, 0.05) is 17.8 Å². The maximum Gasteiger partial charge on any atom is 0.280 e. The molecule has 166 valence electrons. The molecular formula is C22H15N3O8. The van der Waals surface area contributed by atoms with E-state index < -0.39 is 21.2 Å². The zero-order chi connectivity index (χ0) is 23.4. The van der Waals surface area contributed by atoms with Gasteiger partial charge in [0.15, 0.2) is 11.5 Å². The van der Waals surface area contributed by atoms with Gasteiger partial charge in [0.25, 0.3) is 11.4 Å². The van der Waals surface area contributed by atoms with Crippen LogP contribution in [0.2, 0.25) is 0 Å². The molecule has 11 heteroatoms. The zero-order valence-corrected chi connectivity index (χ0v) is 16.8. The molecule has 3 aromatic rings. The van der Waals surface area contributed by atoms with E-state index in [-0.39, 0.29) is 24.2 Å². The summed E-state index contributed by atoms with van der Waals surface area (Å²) < 4.78 is 16.1. The Labute approximate surface area is 186 Å². The van der Waals surface area contributed by atoms with Gasteiger partial charge in [0.2, 0.25) is 12.7 Å². The normalized spacial score (nSPS) is 11.9. The third kappa shape index (κ3) is 5.22. The number of anilines is 1. The smallest absolute Gasteiger partial charge is 0.280 e. The molecule has 0 atom stereocenters. The number of rotatable bonds is 7. The quantitative estimate of drug-likeness (QED) is 0.311. The molecule has 0 spiro atoms. The number of nitrogens with zero attached hydrogens (tertiary/aromatic N) is 2. The average Bonchev–Trinajstić information content (AvgIpc) is 3.25. The van der Waals surface area contributed by atoms with Crippen LogP contribution in [0.15, 0.2) is 66.7 Å². The van der Waals surface area contributed by atoms with Crippen LogP contribution in [0.25, 0.3) is 6.08 Å². The molecule has 0 saturated carbocycles. The number of non-ortho nitro benzene ring substituents is 2. The monoisotopic (exact) mass is 449 g/mol. The van der Waals surface area contributed by atoms with E-state index in [1.54, 1.807) is 48.5 Å². The summed E-state index contributed by atoms with van der Waals surface area (Å²) in [7, 11) is 0. The fourth-order valence-electron chi connectivity index (χ4n) is 2.99. The third-order valence-corrected chi connectivity index (χ3v) is 4.46. The maximum absolute atomic E-state index is 12.2. The molecule has 1 aliphatic heterocycles. The standard InChI is InChI=1S/C22H15N3O8/c26-22(23-15-5-6-20-21(9-15)32-13-31-20)7-4-14-2-1-3-18(8-14)33-19-11-16(24(27)28)10-17(12-19)25(29)30/h1-12H,13H2,(H,23,26)/b7-4-. The number of amides is 1. The minimum absolute atomic E-state index is 0.0578. The predicted molar refractivity (Wildman–Crippen MR) is 116 cm³/mol. The molecule has 0 saturated heterocycles. The highest BCUT2D eigenvalue weighted by molar-refractivity contribution is 6.02. The van der Waals surface area contributed by atoms with Crippen molar-refractivity contribution in [2.45, 2.75) is 0 Å². The van der Waals surface area contributed by atoms with Gasteiger partial charge in [-0.25, -0.2) is 0 Å². The molecule has 11 nitrogen and oxygen atoms in total. The molecule has 1 heterocycles. The van der Waals surface area contributed by atoms with Crippen molar-refractivity contribution in [3.8, 4) is 23.0 Å². The number of hydrogen-bond acceptors (Lipinski definition) is 8. The summed E-state index contributed by atoms with van der Waals surface area (Å²) in [5, 5.41) is 24.8. The van der Waals surface area contributed by atoms with Crippen molar-refractivity contribution in [2.24, 2.45) is 0 Å². The Hall–Kier alpha value is -4.93. The Balaban J connectivity index is 1.45. The first-order chi connectivity index (χ1) is 15.9. The molecule has 0 aliphatic carbocycles. The van der Waals surface area contributed by atoms with Crippen LogP contribution >= 0.6 is 0 Å². The second-order valence-corrected chi connectivity index (χ2v) is 6.76. The second kappa shape index (κ2) is 9.06. The molecule has 0 radical (unpaired) electrons. The van der Waals surface area contributed by atoms with Gasteiger partial charge in [-0.3, -0.25) is 25.0 Å². The first-order valence-electron chi connectivity index (χ1n) is 9.48. The lowest BCUT2D eigenvalue weighted by atomic mass is 10.2. The van der Waals surface area contributed by atoms with Crippen molar-refractivity contribution in [1.29, 1.82) is 0 Å². The number of benzene rings is 3. The molecule has 0 aromatic heterocycles. The number of nitro groups is 2. The Kier molecular flexibility index (Phi) is 5.85. The highest BCUT2D eigenvalue weighted by atomic mass is 16.7. The van der Waals surface area contributed by atoms with Crippen molar-refractivity contribution < 1.29 is 28.9 Å². The van der Waals surface area contributed by atoms with Crippen LogP contribution < -0.4 is 19.5 Å². The van der Waals surface area contributed by atoms with E-state index >= 15 is 0 Å². The van der Waals surface area contributed by atoms with Crippen molar-refractivity contribution in [3.63, 3.8) is 0 Å². The maximum atomic E-state index is 12.2. The predicted octanol–water partition coefficient (Wildman–Crippen LogP) is 4.68. The van der Waals surface area contributed by atoms with Crippen LogP contribution in [-0.2, 0) is 4.79 Å². The van der Waals surface area contributed by atoms with Crippen LogP contribution in [0, 0.1) is 20.2 Å². The molecule has 1 amide bonds. The summed E-state index contributed by atoms with van der Waals surface area (Å²) in [5.74, 6) is 0.993. The van der Waals surface area contributed by atoms with E-state index in [0.29, 0.717) is 22.7 Å². The van der Waals surface area contributed by atoms with Gasteiger partial charge in [0.1, 0.15) is 11.5 Å². The SMILES string of the molecule is O=C(/C=C\c1cccc(Oc2cc([N+](=O)[O-])cc([N+](=O)[O-])c2)c1)Nc1ccc2c(c1)OCO2. The molecule has 1 aliphatic rings. The van der Waals surface area contributed by atoms with Crippen molar-refractivity contribution in [1.82, 2.24) is 0 Å². The number of carbonyl (C=O) groups is 1. The lowest BCUT2D eigenvalue weighted by Crippen LogP contribution is -2.07. The van der Waals surface area contributed by atoms with E-state index in [0.717, 1.165) is 18.2 Å². The minimum atomic E-state index is -0.738. The van der Waals surface area contributed by atoms with E-state index in [4.69, 9.17) is 14.2 Å². The van der Waals surface area contributed by atoms with Crippen LogP contribution in [0.3, 0.4) is 0 Å². The minimum Gasteiger partial charge on any atom is -0.457 e. The number of nitro benzene ring substituents is 2. The van der Waals surface area contributed by atoms with Gasteiger partial charge in [-0.2, -0.15) is 0 Å². The number of ether oxygens (including phenoxy) is 3. The molecule has 0 unspecified atom stereocenters. The van der Waals surface area contributed by atoms with Crippen molar-refractivity contribution in [2.75, 3.05) is 12.1 Å². The van der Waals surface area contributed by atoms with E-state index in [1.807, 2.05) is 0 Å². The summed E-state index contributed by atoms with van der Waals surface area (Å²) in [6, 6.07) is 14.6. The van der Waals surface area contributed by atoms with Gasteiger partial charge >= 0.3 is 0 Å². The van der Waals surface area contributed by atoms with Crippen LogP contribution in [0.1, 0.15) is 5.56 Å². The lowest BCUT2D eigenvalue weighted by Gasteiger charge is -2.07. The van der Waals surface area contributed by atoms with Crippen LogP contribution in [0.5, 0.6) is 23.0 Å². The van der Waals surface area contributed by atoms with E-state index in [1.165, 1.54) is 6.08 Å². The van der Waals surface area contributed by atoms with E-state index in [9.17, 15) is 25.0 Å². The number of fused-ring (bicyclic) bond motifs is 1. The first-order valence-corrected chi connectivity index (χ1v) is 9.48. The van der Waals surface area contributed by atoms with E-state index in [2.05, 4.69) is 5.32 Å². The molecule has 0 fully saturated rings. The summed E-state index contributed by atoms with van der Waals surface area (Å²) in [6.07, 6.45) is 2.87. The first kappa shape index (κ1) is 21.3. The Morgan fingerprint density at radius 3 is 2.36 bits per heavy atom. The topological polar surface area (TPSA) is 143 Å². The number of hydrogen-bond donors (Lipinski definition) is 1. The number of carbonyl (C=O) groups excluding carboxylic acids is 1. The Morgan fingerprint density at radius 1 is 0.909 bits per heavy atom. The molecule has 33 heavy (non-hydrogen) atoms. The highest BCUT2D eigenvalue weighted by Crippen LogP contribution is 2.34. The molecule has 4 rings (SSSR count). The van der Waals surface area contributed by atoms with Gasteiger partial charge < -0.3 is 19.5 Å². The summed E-state index contributed by atoms with van der Waals surface area (Å²) in [4.78, 5) is 32.8.